The van der Waals surface area contributed by atoms with Crippen molar-refractivity contribution in [3.05, 3.63) is 93.5 Å². The van der Waals surface area contributed by atoms with Gasteiger partial charge in [-0.25, -0.2) is 8.42 Å². The van der Waals surface area contributed by atoms with E-state index in [2.05, 4.69) is 5.32 Å². The number of hydrogen-bond acceptors (Lipinski definition) is 4. The standard InChI is InChI=1S/C31H37Cl2N3O4S/c1-7-27(30(38)34-31(4,5)6)35(19-23-10-8-9-22(3)17-23)29(37)20-36(28-18-24(32)13-16-26(28)33)41(39,40)25-14-11-21(2)12-15-25/h8-18,27H,7,19-20H2,1-6H3,(H,34,38). The molecule has 0 saturated heterocycles. The van der Waals surface area contributed by atoms with Crippen molar-refractivity contribution in [2.45, 2.75) is 71.0 Å². The largest absolute Gasteiger partial charge is 0.350 e. The zero-order valence-electron chi connectivity index (χ0n) is 24.2. The monoisotopic (exact) mass is 617 g/mol. The molecule has 0 aliphatic heterocycles. The Kier molecular flexibility index (Phi) is 10.5. The Morgan fingerprint density at radius 1 is 0.927 bits per heavy atom. The van der Waals surface area contributed by atoms with Crippen LogP contribution in [0.1, 0.15) is 50.8 Å². The van der Waals surface area contributed by atoms with Gasteiger partial charge in [-0.15, -0.1) is 0 Å². The van der Waals surface area contributed by atoms with Gasteiger partial charge in [-0.1, -0.05) is 77.7 Å². The first-order valence-corrected chi connectivity index (χ1v) is 15.5. The van der Waals surface area contributed by atoms with Gasteiger partial charge in [0.15, 0.2) is 0 Å². The molecule has 0 fully saturated rings. The number of anilines is 1. The van der Waals surface area contributed by atoms with Crippen LogP contribution in [0.5, 0.6) is 0 Å². The van der Waals surface area contributed by atoms with E-state index in [1.165, 1.54) is 29.2 Å². The molecule has 0 spiro atoms. The first kappa shape index (κ1) is 32.4. The average Bonchev–Trinajstić information content (AvgIpc) is 2.87. The lowest BCUT2D eigenvalue weighted by Crippen LogP contribution is -2.55. The molecule has 0 radical (unpaired) electrons. The van der Waals surface area contributed by atoms with Crippen LogP contribution in [-0.4, -0.2) is 43.3 Å². The topological polar surface area (TPSA) is 86.8 Å². The molecule has 3 aromatic carbocycles. The normalized spacial score (nSPS) is 12.5. The molecular weight excluding hydrogens is 581 g/mol. The van der Waals surface area contributed by atoms with E-state index in [1.54, 1.807) is 18.2 Å². The van der Waals surface area contributed by atoms with Gasteiger partial charge in [0.25, 0.3) is 10.0 Å². The highest BCUT2D eigenvalue weighted by Crippen LogP contribution is 2.33. The van der Waals surface area contributed by atoms with Crippen LogP contribution >= 0.6 is 23.2 Å². The number of nitrogens with zero attached hydrogens (tertiary/aromatic N) is 2. The van der Waals surface area contributed by atoms with Gasteiger partial charge in [-0.3, -0.25) is 13.9 Å². The predicted molar refractivity (Wildman–Crippen MR) is 166 cm³/mol. The first-order chi connectivity index (χ1) is 19.1. The van der Waals surface area contributed by atoms with Crippen molar-refractivity contribution in [3.8, 4) is 0 Å². The molecule has 0 bridgehead atoms. The number of amides is 2. The highest BCUT2D eigenvalue weighted by Gasteiger charge is 2.35. The summed E-state index contributed by atoms with van der Waals surface area (Å²) in [4.78, 5) is 29.0. The van der Waals surface area contributed by atoms with Crippen molar-refractivity contribution < 1.29 is 18.0 Å². The number of halogens is 2. The molecule has 7 nitrogen and oxygen atoms in total. The van der Waals surface area contributed by atoms with Crippen molar-refractivity contribution in [2.75, 3.05) is 10.8 Å². The van der Waals surface area contributed by atoms with Gasteiger partial charge < -0.3 is 10.2 Å². The van der Waals surface area contributed by atoms with E-state index < -0.39 is 34.1 Å². The number of aryl methyl sites for hydroxylation is 2. The van der Waals surface area contributed by atoms with Gasteiger partial charge in [-0.2, -0.15) is 0 Å². The van der Waals surface area contributed by atoms with Gasteiger partial charge in [0.1, 0.15) is 12.6 Å². The van der Waals surface area contributed by atoms with Gasteiger partial charge in [0.2, 0.25) is 11.8 Å². The van der Waals surface area contributed by atoms with Crippen LogP contribution in [0.15, 0.2) is 71.6 Å². The zero-order valence-corrected chi connectivity index (χ0v) is 26.6. The van der Waals surface area contributed by atoms with E-state index >= 15 is 0 Å². The molecule has 1 unspecified atom stereocenters. The average molecular weight is 619 g/mol. The highest BCUT2D eigenvalue weighted by molar-refractivity contribution is 7.92. The van der Waals surface area contributed by atoms with Crippen LogP contribution in [0.25, 0.3) is 0 Å². The molecule has 0 aliphatic rings. The summed E-state index contributed by atoms with van der Waals surface area (Å²) in [7, 11) is -4.26. The fraction of sp³-hybridized carbons (Fsp3) is 0.355. The fourth-order valence-corrected chi connectivity index (χ4v) is 6.27. The molecule has 0 aromatic heterocycles. The van der Waals surface area contributed by atoms with Crippen LogP contribution < -0.4 is 9.62 Å². The van der Waals surface area contributed by atoms with Gasteiger partial charge in [-0.05, 0) is 76.9 Å². The Balaban J connectivity index is 2.12. The summed E-state index contributed by atoms with van der Waals surface area (Å²) < 4.78 is 29.0. The van der Waals surface area contributed by atoms with Crippen molar-refractivity contribution in [2.24, 2.45) is 0 Å². The minimum atomic E-state index is -4.26. The summed E-state index contributed by atoms with van der Waals surface area (Å²) in [5, 5.41) is 3.33. The van der Waals surface area contributed by atoms with E-state index in [4.69, 9.17) is 23.2 Å². The molecule has 0 heterocycles. The van der Waals surface area contributed by atoms with E-state index in [0.29, 0.717) is 6.42 Å². The molecule has 1 N–H and O–H groups in total. The Labute approximate surface area is 253 Å². The summed E-state index contributed by atoms with van der Waals surface area (Å²) in [6.45, 7) is 10.7. The Morgan fingerprint density at radius 2 is 1.59 bits per heavy atom. The lowest BCUT2D eigenvalue weighted by molar-refractivity contribution is -0.141. The van der Waals surface area contributed by atoms with Gasteiger partial charge in [0, 0.05) is 17.1 Å². The SMILES string of the molecule is CCC(C(=O)NC(C)(C)C)N(Cc1cccc(C)c1)C(=O)CN(c1cc(Cl)ccc1Cl)S(=O)(=O)c1ccc(C)cc1. The van der Waals surface area contributed by atoms with Gasteiger partial charge >= 0.3 is 0 Å². The smallest absolute Gasteiger partial charge is 0.264 e. The molecule has 220 valence electrons. The van der Waals surface area contributed by atoms with Crippen LogP contribution in [0.3, 0.4) is 0 Å². The predicted octanol–water partition coefficient (Wildman–Crippen LogP) is 6.53. The number of rotatable bonds is 10. The van der Waals surface area contributed by atoms with Gasteiger partial charge in [0.05, 0.1) is 15.6 Å². The molecule has 41 heavy (non-hydrogen) atoms. The highest BCUT2D eigenvalue weighted by atomic mass is 35.5. The molecule has 1 atom stereocenters. The molecule has 0 aliphatic carbocycles. The first-order valence-electron chi connectivity index (χ1n) is 13.3. The maximum absolute atomic E-state index is 14.2. The zero-order chi connectivity index (χ0) is 30.5. The summed E-state index contributed by atoms with van der Waals surface area (Å²) >= 11 is 12.7. The second-order valence-electron chi connectivity index (χ2n) is 11.1. The lowest BCUT2D eigenvalue weighted by Gasteiger charge is -2.35. The molecular formula is C31H37Cl2N3O4S. The van der Waals surface area contributed by atoms with E-state index in [1.807, 2.05) is 65.8 Å². The maximum atomic E-state index is 14.2. The summed E-state index contributed by atoms with van der Waals surface area (Å²) in [5.41, 5.74) is 2.23. The van der Waals surface area contributed by atoms with Crippen molar-refractivity contribution in [1.82, 2.24) is 10.2 Å². The third-order valence-corrected chi connectivity index (χ3v) is 8.71. The number of nitrogens with one attached hydrogen (secondary N) is 1. The third-order valence-electron chi connectivity index (χ3n) is 6.38. The van der Waals surface area contributed by atoms with E-state index in [-0.39, 0.29) is 33.1 Å². The quantitative estimate of drug-likeness (QED) is 0.280. The van der Waals surface area contributed by atoms with Crippen LogP contribution in [0.2, 0.25) is 10.0 Å². The number of hydrogen-bond donors (Lipinski definition) is 1. The minimum Gasteiger partial charge on any atom is -0.350 e. The number of benzene rings is 3. The van der Waals surface area contributed by atoms with Crippen LogP contribution in [0.4, 0.5) is 5.69 Å². The molecule has 3 aromatic rings. The second kappa shape index (κ2) is 13.3. The number of carbonyl (C=O) groups excluding carboxylic acids is 2. The molecule has 10 heteroatoms. The van der Waals surface area contributed by atoms with Crippen LogP contribution in [-0.2, 0) is 26.2 Å². The minimum absolute atomic E-state index is 0.00491. The maximum Gasteiger partial charge on any atom is 0.264 e. The van der Waals surface area contributed by atoms with Crippen molar-refractivity contribution >= 4 is 50.7 Å². The Morgan fingerprint density at radius 3 is 2.17 bits per heavy atom. The van der Waals surface area contributed by atoms with E-state index in [0.717, 1.165) is 21.0 Å². The van der Waals surface area contributed by atoms with Crippen molar-refractivity contribution in [1.29, 1.82) is 0 Å². The number of sulfonamides is 1. The summed E-state index contributed by atoms with van der Waals surface area (Å²) in [6.07, 6.45) is 0.322. The van der Waals surface area contributed by atoms with Crippen LogP contribution in [0, 0.1) is 13.8 Å². The molecule has 3 rings (SSSR count). The van der Waals surface area contributed by atoms with E-state index in [9.17, 15) is 18.0 Å². The fourth-order valence-electron chi connectivity index (χ4n) is 4.41. The number of carbonyl (C=O) groups is 2. The Bertz CT molecular complexity index is 1500. The Hall–Kier alpha value is -3.07. The summed E-state index contributed by atoms with van der Waals surface area (Å²) in [5.74, 6) is -0.885. The second-order valence-corrected chi connectivity index (χ2v) is 13.8. The van der Waals surface area contributed by atoms with Crippen molar-refractivity contribution in [3.63, 3.8) is 0 Å². The summed E-state index contributed by atoms with van der Waals surface area (Å²) in [6, 6.07) is 17.5. The molecule has 0 saturated carbocycles. The third kappa shape index (κ3) is 8.47. The molecule has 2 amide bonds. The lowest BCUT2D eigenvalue weighted by atomic mass is 10.0.